The predicted molar refractivity (Wildman–Crippen MR) is 85.8 cm³/mol. The van der Waals surface area contributed by atoms with E-state index in [0.29, 0.717) is 12.8 Å². The molecule has 0 aliphatic heterocycles. The van der Waals surface area contributed by atoms with Crippen LogP contribution >= 0.6 is 0 Å². The van der Waals surface area contributed by atoms with E-state index in [0.717, 1.165) is 38.5 Å². The van der Waals surface area contributed by atoms with Gasteiger partial charge in [-0.25, -0.2) is 0 Å². The Kier molecular flexibility index (Phi) is 13.1. The van der Waals surface area contributed by atoms with Gasteiger partial charge in [0.15, 0.2) is 6.10 Å². The van der Waals surface area contributed by atoms with E-state index in [2.05, 4.69) is 6.92 Å². The summed E-state index contributed by atoms with van der Waals surface area (Å²) in [6, 6.07) is 0. The highest BCUT2D eigenvalue weighted by Gasteiger charge is 2.18. The highest BCUT2D eigenvalue weighted by atomic mass is 16.6. The second kappa shape index (κ2) is 14.0. The van der Waals surface area contributed by atoms with E-state index in [1.165, 1.54) is 6.92 Å². The van der Waals surface area contributed by atoms with Crippen molar-refractivity contribution in [3.8, 4) is 0 Å². The summed E-state index contributed by atoms with van der Waals surface area (Å²) < 4.78 is 15.2. The van der Waals surface area contributed by atoms with Crippen LogP contribution in [-0.2, 0) is 28.6 Å². The van der Waals surface area contributed by atoms with Crippen molar-refractivity contribution in [3.63, 3.8) is 0 Å². The third-order valence-electron chi connectivity index (χ3n) is 3.17. The van der Waals surface area contributed by atoms with Gasteiger partial charge in [-0.3, -0.25) is 14.4 Å². The molecular formula is C17H30O6. The van der Waals surface area contributed by atoms with Crippen LogP contribution in [-0.4, -0.2) is 37.2 Å². The van der Waals surface area contributed by atoms with E-state index in [4.69, 9.17) is 14.2 Å². The van der Waals surface area contributed by atoms with Crippen molar-refractivity contribution in [1.29, 1.82) is 0 Å². The van der Waals surface area contributed by atoms with Gasteiger partial charge >= 0.3 is 17.9 Å². The molecule has 0 bridgehead atoms. The zero-order chi connectivity index (χ0) is 17.5. The molecule has 0 radical (unpaired) electrons. The molecule has 6 nitrogen and oxygen atoms in total. The van der Waals surface area contributed by atoms with Gasteiger partial charge in [0.05, 0.1) is 0 Å². The van der Waals surface area contributed by atoms with Gasteiger partial charge in [0.1, 0.15) is 13.2 Å². The lowest BCUT2D eigenvalue weighted by atomic mass is 10.2. The van der Waals surface area contributed by atoms with Crippen molar-refractivity contribution >= 4 is 17.9 Å². The normalized spacial score (nSPS) is 11.6. The molecular weight excluding hydrogens is 300 g/mol. The molecule has 0 heterocycles. The zero-order valence-corrected chi connectivity index (χ0v) is 14.6. The maximum absolute atomic E-state index is 11.7. The Balaban J connectivity index is 4.19. The second-order valence-electron chi connectivity index (χ2n) is 5.51. The Morgan fingerprint density at radius 1 is 0.783 bits per heavy atom. The summed E-state index contributed by atoms with van der Waals surface area (Å²) in [6.45, 7) is 5.19. The molecule has 6 heteroatoms. The smallest absolute Gasteiger partial charge is 0.306 e. The minimum absolute atomic E-state index is 0.0856. The number of esters is 3. The number of hydrogen-bond donors (Lipinski definition) is 0. The molecule has 0 saturated heterocycles. The standard InChI is InChI=1S/C17H30O6/c1-4-6-8-10-16(19)22-13-15(12-21-14(3)18)23-17(20)11-9-7-5-2/h15H,4-13H2,1-3H3. The van der Waals surface area contributed by atoms with Crippen LogP contribution in [0.4, 0.5) is 0 Å². The van der Waals surface area contributed by atoms with Gasteiger partial charge in [0.25, 0.3) is 0 Å². The van der Waals surface area contributed by atoms with Gasteiger partial charge in [0, 0.05) is 19.8 Å². The fraction of sp³-hybridized carbons (Fsp3) is 0.824. The summed E-state index contributed by atoms with van der Waals surface area (Å²) in [5.41, 5.74) is 0. The van der Waals surface area contributed by atoms with Crippen LogP contribution in [0.5, 0.6) is 0 Å². The quantitative estimate of drug-likeness (QED) is 0.293. The monoisotopic (exact) mass is 330 g/mol. The summed E-state index contributed by atoms with van der Waals surface area (Å²) in [4.78, 5) is 34.2. The maximum Gasteiger partial charge on any atom is 0.306 e. The van der Waals surface area contributed by atoms with E-state index in [-0.39, 0.29) is 25.2 Å². The first-order valence-corrected chi connectivity index (χ1v) is 8.48. The van der Waals surface area contributed by atoms with Crippen molar-refractivity contribution < 1.29 is 28.6 Å². The van der Waals surface area contributed by atoms with E-state index in [1.54, 1.807) is 0 Å². The number of ether oxygens (including phenoxy) is 3. The topological polar surface area (TPSA) is 78.9 Å². The molecule has 23 heavy (non-hydrogen) atoms. The minimum Gasteiger partial charge on any atom is -0.462 e. The van der Waals surface area contributed by atoms with Gasteiger partial charge < -0.3 is 14.2 Å². The molecule has 0 fully saturated rings. The largest absolute Gasteiger partial charge is 0.462 e. The summed E-state index contributed by atoms with van der Waals surface area (Å²) >= 11 is 0. The van der Waals surface area contributed by atoms with Gasteiger partial charge in [-0.1, -0.05) is 39.5 Å². The molecule has 0 spiro atoms. The van der Waals surface area contributed by atoms with Crippen LogP contribution in [0.2, 0.25) is 0 Å². The number of rotatable bonds is 13. The Labute approximate surface area is 138 Å². The lowest BCUT2D eigenvalue weighted by molar-refractivity contribution is -0.166. The zero-order valence-electron chi connectivity index (χ0n) is 14.6. The van der Waals surface area contributed by atoms with Gasteiger partial charge in [-0.05, 0) is 12.8 Å². The van der Waals surface area contributed by atoms with Crippen LogP contribution in [0.25, 0.3) is 0 Å². The summed E-state index contributed by atoms with van der Waals surface area (Å²) in [7, 11) is 0. The van der Waals surface area contributed by atoms with Gasteiger partial charge in [0.2, 0.25) is 0 Å². The predicted octanol–water partition coefficient (Wildman–Crippen LogP) is 3.17. The van der Waals surface area contributed by atoms with Crippen LogP contribution in [0.3, 0.4) is 0 Å². The minimum atomic E-state index is -0.747. The lowest BCUT2D eigenvalue weighted by Crippen LogP contribution is -2.30. The van der Waals surface area contributed by atoms with Crippen molar-refractivity contribution in [2.24, 2.45) is 0 Å². The number of carbonyl (C=O) groups excluding carboxylic acids is 3. The average molecular weight is 330 g/mol. The number of hydrogen-bond acceptors (Lipinski definition) is 6. The highest BCUT2D eigenvalue weighted by Crippen LogP contribution is 2.06. The molecule has 1 atom stereocenters. The Bertz CT molecular complexity index is 353. The van der Waals surface area contributed by atoms with Crippen LogP contribution in [0.1, 0.15) is 72.1 Å². The Hall–Kier alpha value is -1.59. The molecule has 0 aromatic carbocycles. The SMILES string of the molecule is CCCCCC(=O)OCC(COC(C)=O)OC(=O)CCCCC. The second-order valence-corrected chi connectivity index (χ2v) is 5.51. The lowest BCUT2D eigenvalue weighted by Gasteiger charge is -2.17. The van der Waals surface area contributed by atoms with Crippen LogP contribution in [0.15, 0.2) is 0 Å². The average Bonchev–Trinajstić information content (AvgIpc) is 2.50. The molecule has 0 aromatic heterocycles. The van der Waals surface area contributed by atoms with E-state index >= 15 is 0 Å². The molecule has 0 amide bonds. The van der Waals surface area contributed by atoms with Gasteiger partial charge in [-0.15, -0.1) is 0 Å². The molecule has 134 valence electrons. The fourth-order valence-corrected chi connectivity index (χ4v) is 1.87. The van der Waals surface area contributed by atoms with E-state index < -0.39 is 12.1 Å². The Morgan fingerprint density at radius 3 is 1.83 bits per heavy atom. The van der Waals surface area contributed by atoms with Crippen molar-refractivity contribution in [1.82, 2.24) is 0 Å². The first-order valence-electron chi connectivity index (χ1n) is 8.48. The fourth-order valence-electron chi connectivity index (χ4n) is 1.87. The molecule has 0 N–H and O–H groups in total. The van der Waals surface area contributed by atoms with Crippen molar-refractivity contribution in [3.05, 3.63) is 0 Å². The third kappa shape index (κ3) is 13.8. The van der Waals surface area contributed by atoms with E-state index in [1.807, 2.05) is 6.92 Å². The molecule has 1 unspecified atom stereocenters. The molecule has 0 aromatic rings. The number of carbonyl (C=O) groups is 3. The van der Waals surface area contributed by atoms with E-state index in [9.17, 15) is 14.4 Å². The molecule has 0 saturated carbocycles. The third-order valence-corrected chi connectivity index (χ3v) is 3.17. The highest BCUT2D eigenvalue weighted by molar-refractivity contribution is 5.70. The summed E-state index contributed by atoms with van der Waals surface area (Å²) in [5, 5.41) is 0. The first-order chi connectivity index (χ1) is 11.0. The molecule has 0 aliphatic carbocycles. The van der Waals surface area contributed by atoms with Crippen molar-refractivity contribution in [2.75, 3.05) is 13.2 Å². The summed E-state index contributed by atoms with van der Waals surface area (Å²) in [5.74, 6) is -1.16. The molecule has 0 aliphatic rings. The molecule has 0 rings (SSSR count). The van der Waals surface area contributed by atoms with Gasteiger partial charge in [-0.2, -0.15) is 0 Å². The van der Waals surface area contributed by atoms with Crippen LogP contribution < -0.4 is 0 Å². The first kappa shape index (κ1) is 21.4. The maximum atomic E-state index is 11.7. The van der Waals surface area contributed by atoms with Crippen molar-refractivity contribution in [2.45, 2.75) is 78.2 Å². The summed E-state index contributed by atoms with van der Waals surface area (Å²) in [6.07, 6.45) is 5.41. The number of unbranched alkanes of at least 4 members (excludes halogenated alkanes) is 4. The van der Waals surface area contributed by atoms with Crippen LogP contribution in [0, 0.1) is 0 Å². The Morgan fingerprint density at radius 2 is 1.30 bits per heavy atom.